The Kier molecular flexibility index (Phi) is 8.02. The number of carbonyl (C=O) groups excluding carboxylic acids is 1. The lowest BCUT2D eigenvalue weighted by Gasteiger charge is -2.33. The third-order valence-corrected chi connectivity index (χ3v) is 8.42. The smallest absolute Gasteiger partial charge is 0.254 e. The summed E-state index contributed by atoms with van der Waals surface area (Å²) < 4.78 is 39.3. The van der Waals surface area contributed by atoms with Crippen molar-refractivity contribution in [3.63, 3.8) is 0 Å². The van der Waals surface area contributed by atoms with Gasteiger partial charge in [0.25, 0.3) is 5.91 Å². The van der Waals surface area contributed by atoms with Crippen molar-refractivity contribution in [1.29, 1.82) is 0 Å². The molecule has 33 heavy (non-hydrogen) atoms. The first-order valence-corrected chi connectivity index (χ1v) is 12.8. The Morgan fingerprint density at radius 1 is 1.15 bits per heavy atom. The van der Waals surface area contributed by atoms with Crippen LogP contribution in [0.25, 0.3) is 0 Å². The van der Waals surface area contributed by atoms with Gasteiger partial charge in [-0.05, 0) is 69.5 Å². The molecular weight excluding hydrogens is 440 g/mol. The van der Waals surface area contributed by atoms with E-state index in [0.29, 0.717) is 18.7 Å². The third kappa shape index (κ3) is 5.17. The lowest BCUT2D eigenvalue weighted by atomic mass is 10.0. The lowest BCUT2D eigenvalue weighted by molar-refractivity contribution is 0.0701. The highest BCUT2D eigenvalue weighted by atomic mass is 32.2. The molecule has 180 valence electrons. The minimum atomic E-state index is -3.80. The molecular formula is C25H34N2O5S. The molecule has 0 bridgehead atoms. The van der Waals surface area contributed by atoms with Gasteiger partial charge in [0.05, 0.1) is 20.3 Å². The van der Waals surface area contributed by atoms with Crippen molar-refractivity contribution in [3.8, 4) is 11.5 Å². The predicted molar refractivity (Wildman–Crippen MR) is 128 cm³/mol. The van der Waals surface area contributed by atoms with Gasteiger partial charge in [-0.1, -0.05) is 18.6 Å². The van der Waals surface area contributed by atoms with E-state index in [-0.39, 0.29) is 28.6 Å². The Hall–Kier alpha value is -2.58. The van der Waals surface area contributed by atoms with Crippen molar-refractivity contribution in [2.75, 3.05) is 27.3 Å². The first kappa shape index (κ1) is 25.1. The fourth-order valence-electron chi connectivity index (χ4n) is 4.41. The van der Waals surface area contributed by atoms with E-state index in [1.54, 1.807) is 24.1 Å². The van der Waals surface area contributed by atoms with Crippen LogP contribution in [0.5, 0.6) is 11.5 Å². The van der Waals surface area contributed by atoms with Crippen LogP contribution in [0.4, 0.5) is 0 Å². The Morgan fingerprint density at radius 3 is 2.55 bits per heavy atom. The van der Waals surface area contributed by atoms with Gasteiger partial charge in [0.2, 0.25) is 10.0 Å². The molecule has 0 saturated carbocycles. The van der Waals surface area contributed by atoms with E-state index < -0.39 is 10.0 Å². The zero-order valence-corrected chi connectivity index (χ0v) is 20.9. The molecule has 2 aromatic rings. The van der Waals surface area contributed by atoms with Crippen LogP contribution in [0, 0.1) is 0 Å². The number of carbonyl (C=O) groups is 1. The molecule has 2 unspecified atom stereocenters. The Balaban J connectivity index is 1.97. The van der Waals surface area contributed by atoms with Crippen LogP contribution < -0.4 is 9.47 Å². The number of piperidine rings is 1. The molecule has 0 N–H and O–H groups in total. The molecule has 1 saturated heterocycles. The van der Waals surface area contributed by atoms with Gasteiger partial charge in [-0.3, -0.25) is 4.79 Å². The molecule has 3 rings (SSSR count). The normalized spacial score (nSPS) is 17.9. The highest BCUT2D eigenvalue weighted by Gasteiger charge is 2.34. The molecule has 1 aliphatic rings. The van der Waals surface area contributed by atoms with Crippen LogP contribution in [-0.4, -0.2) is 56.9 Å². The number of hydrogen-bond donors (Lipinski definition) is 0. The fraction of sp³-hybridized carbons (Fsp3) is 0.480. The number of methoxy groups -OCH3 is 2. The SMILES string of the molecule is CCN(C(=O)c1ccc(OC)c(S(=O)(=O)N2CCCCC2C)c1)C(C)c1cccc(OC)c1. The fourth-order valence-corrected chi connectivity index (χ4v) is 6.29. The molecule has 1 fully saturated rings. The van der Waals surface area contributed by atoms with E-state index in [4.69, 9.17) is 9.47 Å². The molecule has 1 aliphatic heterocycles. The predicted octanol–water partition coefficient (Wildman–Crippen LogP) is 4.49. The summed E-state index contributed by atoms with van der Waals surface area (Å²) in [5, 5.41) is 0. The maximum absolute atomic E-state index is 13.5. The molecule has 7 nitrogen and oxygen atoms in total. The molecule has 0 radical (unpaired) electrons. The van der Waals surface area contributed by atoms with Gasteiger partial charge < -0.3 is 14.4 Å². The van der Waals surface area contributed by atoms with Crippen LogP contribution in [-0.2, 0) is 10.0 Å². The van der Waals surface area contributed by atoms with Crippen molar-refractivity contribution in [2.24, 2.45) is 0 Å². The number of ether oxygens (including phenoxy) is 2. The average molecular weight is 475 g/mol. The molecule has 0 spiro atoms. The van der Waals surface area contributed by atoms with Gasteiger partial charge in [0, 0.05) is 24.7 Å². The van der Waals surface area contributed by atoms with Crippen molar-refractivity contribution in [2.45, 2.75) is 57.0 Å². The summed E-state index contributed by atoms with van der Waals surface area (Å²) in [6, 6.07) is 11.9. The largest absolute Gasteiger partial charge is 0.497 e. The zero-order chi connectivity index (χ0) is 24.2. The monoisotopic (exact) mass is 474 g/mol. The van der Waals surface area contributed by atoms with E-state index in [9.17, 15) is 13.2 Å². The molecule has 2 aromatic carbocycles. The lowest BCUT2D eigenvalue weighted by Crippen LogP contribution is -2.42. The van der Waals surface area contributed by atoms with Crippen molar-refractivity contribution < 1.29 is 22.7 Å². The Bertz CT molecular complexity index is 1090. The number of rotatable bonds is 8. The summed E-state index contributed by atoms with van der Waals surface area (Å²) in [4.78, 5) is 15.3. The van der Waals surface area contributed by atoms with Crippen molar-refractivity contribution in [3.05, 3.63) is 53.6 Å². The van der Waals surface area contributed by atoms with Crippen LogP contribution in [0.15, 0.2) is 47.4 Å². The van der Waals surface area contributed by atoms with Gasteiger partial charge in [-0.25, -0.2) is 8.42 Å². The summed E-state index contributed by atoms with van der Waals surface area (Å²) in [7, 11) is -0.753. The standard InChI is InChI=1S/C25H34N2O5S/c1-6-26(19(3)20-11-9-12-22(16-20)31-4)25(28)21-13-14-23(32-5)24(17-21)33(29,30)27-15-8-7-10-18(27)2/h9,11-14,16-19H,6-8,10,15H2,1-5H3. The summed E-state index contributed by atoms with van der Waals surface area (Å²) in [5.74, 6) is 0.725. The van der Waals surface area contributed by atoms with Gasteiger partial charge in [0.1, 0.15) is 16.4 Å². The van der Waals surface area contributed by atoms with E-state index in [2.05, 4.69) is 0 Å². The quantitative estimate of drug-likeness (QED) is 0.563. The van der Waals surface area contributed by atoms with Crippen LogP contribution in [0.1, 0.15) is 62.0 Å². The third-order valence-electron chi connectivity index (χ3n) is 6.38. The molecule has 0 aromatic heterocycles. The van der Waals surface area contributed by atoms with Gasteiger partial charge in [-0.2, -0.15) is 4.31 Å². The minimum absolute atomic E-state index is 0.0367. The van der Waals surface area contributed by atoms with E-state index in [1.807, 2.05) is 45.0 Å². The van der Waals surface area contributed by atoms with E-state index in [1.165, 1.54) is 17.5 Å². The van der Waals surface area contributed by atoms with Gasteiger partial charge in [-0.15, -0.1) is 0 Å². The second kappa shape index (κ2) is 10.6. The highest BCUT2D eigenvalue weighted by Crippen LogP contribution is 2.33. The summed E-state index contributed by atoms with van der Waals surface area (Å²) in [6.07, 6.45) is 2.66. The van der Waals surface area contributed by atoms with Gasteiger partial charge >= 0.3 is 0 Å². The van der Waals surface area contributed by atoms with Gasteiger partial charge in [0.15, 0.2) is 0 Å². The van der Waals surface area contributed by atoms with E-state index in [0.717, 1.165) is 30.6 Å². The summed E-state index contributed by atoms with van der Waals surface area (Å²) in [5.41, 5.74) is 1.25. The van der Waals surface area contributed by atoms with Crippen molar-refractivity contribution in [1.82, 2.24) is 9.21 Å². The first-order chi connectivity index (χ1) is 15.7. The van der Waals surface area contributed by atoms with Crippen LogP contribution >= 0.6 is 0 Å². The second-order valence-electron chi connectivity index (χ2n) is 8.37. The topological polar surface area (TPSA) is 76.2 Å². The molecule has 2 atom stereocenters. The second-order valence-corrected chi connectivity index (χ2v) is 10.2. The number of sulfonamides is 1. The molecule has 0 aliphatic carbocycles. The molecule has 1 heterocycles. The number of amides is 1. The Morgan fingerprint density at radius 2 is 1.91 bits per heavy atom. The molecule has 1 amide bonds. The number of benzene rings is 2. The first-order valence-electron chi connectivity index (χ1n) is 11.4. The van der Waals surface area contributed by atoms with Crippen molar-refractivity contribution >= 4 is 15.9 Å². The Labute approximate surface area is 197 Å². The summed E-state index contributed by atoms with van der Waals surface area (Å²) >= 11 is 0. The minimum Gasteiger partial charge on any atom is -0.497 e. The number of nitrogens with zero attached hydrogens (tertiary/aromatic N) is 2. The zero-order valence-electron chi connectivity index (χ0n) is 20.1. The van der Waals surface area contributed by atoms with Crippen LogP contribution in [0.2, 0.25) is 0 Å². The molecule has 8 heteroatoms. The maximum atomic E-state index is 13.5. The van der Waals surface area contributed by atoms with E-state index >= 15 is 0 Å². The average Bonchev–Trinajstić information content (AvgIpc) is 2.84. The highest BCUT2D eigenvalue weighted by molar-refractivity contribution is 7.89. The van der Waals surface area contributed by atoms with Crippen LogP contribution in [0.3, 0.4) is 0 Å². The number of hydrogen-bond acceptors (Lipinski definition) is 5. The maximum Gasteiger partial charge on any atom is 0.254 e. The summed E-state index contributed by atoms with van der Waals surface area (Å²) in [6.45, 7) is 6.72.